The van der Waals surface area contributed by atoms with E-state index in [4.69, 9.17) is 16.3 Å². The van der Waals surface area contributed by atoms with Crippen LogP contribution in [0, 0.1) is 6.92 Å². The molecule has 0 bridgehead atoms. The lowest BCUT2D eigenvalue weighted by Crippen LogP contribution is -2.26. The maximum Gasteiger partial charge on any atom is 0.343 e. The smallest absolute Gasteiger partial charge is 0.343 e. The first kappa shape index (κ1) is 19.6. The number of nitrogens with one attached hydrogen (secondary N) is 1. The second-order valence-electron chi connectivity index (χ2n) is 6.08. The molecule has 9 heteroatoms. The first-order valence-corrected chi connectivity index (χ1v) is 9.12. The Morgan fingerprint density at radius 1 is 1.29 bits per heavy atom. The lowest BCUT2D eigenvalue weighted by atomic mass is 10.2. The van der Waals surface area contributed by atoms with Gasteiger partial charge in [-0.1, -0.05) is 29.8 Å². The fraction of sp³-hybridized carbons (Fsp3) is 0.263. The van der Waals surface area contributed by atoms with Crippen molar-refractivity contribution in [3.05, 3.63) is 59.0 Å². The number of carbonyl (C=O) groups excluding carboxylic acids is 2. The van der Waals surface area contributed by atoms with Crippen LogP contribution in [0.25, 0.3) is 5.69 Å². The minimum Gasteiger partial charge on any atom is -0.462 e. The van der Waals surface area contributed by atoms with Crippen LogP contribution >= 0.6 is 11.6 Å². The molecule has 0 radical (unpaired) electrons. The van der Waals surface area contributed by atoms with Crippen molar-refractivity contribution in [3.63, 3.8) is 0 Å². The summed E-state index contributed by atoms with van der Waals surface area (Å²) in [4.78, 5) is 25.2. The Morgan fingerprint density at radius 3 is 2.61 bits per heavy atom. The van der Waals surface area contributed by atoms with Crippen LogP contribution in [-0.2, 0) is 9.53 Å². The van der Waals surface area contributed by atoms with Crippen molar-refractivity contribution in [3.8, 4) is 5.69 Å². The molecule has 0 saturated carbocycles. The molecule has 2 heterocycles. The van der Waals surface area contributed by atoms with Crippen molar-refractivity contribution < 1.29 is 14.3 Å². The van der Waals surface area contributed by atoms with Gasteiger partial charge in [0.2, 0.25) is 5.91 Å². The van der Waals surface area contributed by atoms with Gasteiger partial charge in [-0.2, -0.15) is 10.2 Å². The summed E-state index contributed by atoms with van der Waals surface area (Å²) >= 11 is 6.04. The van der Waals surface area contributed by atoms with Gasteiger partial charge in [-0.15, -0.1) is 0 Å². The summed E-state index contributed by atoms with van der Waals surface area (Å²) in [5, 5.41) is 11.7. The zero-order valence-corrected chi connectivity index (χ0v) is 16.5. The lowest BCUT2D eigenvalue weighted by Gasteiger charge is -2.15. The molecule has 0 aliphatic rings. The maximum absolute atomic E-state index is 12.8. The standard InChI is InChI=1S/C19H20ClN5O3/c1-4-28-19(27)15-10-21-25(14-8-6-5-7-9-14)17(15)22-18(26)13(3)24-11-16(20)12(2)23-24/h5-11,13H,4H2,1-3H3,(H,22,26). The summed E-state index contributed by atoms with van der Waals surface area (Å²) in [5.41, 5.74) is 1.49. The highest BCUT2D eigenvalue weighted by Gasteiger charge is 2.24. The van der Waals surface area contributed by atoms with E-state index in [0.29, 0.717) is 16.4 Å². The van der Waals surface area contributed by atoms with Gasteiger partial charge in [0, 0.05) is 6.20 Å². The molecule has 0 spiro atoms. The first-order chi connectivity index (χ1) is 13.4. The Labute approximate surface area is 167 Å². The molecule has 3 rings (SSSR count). The van der Waals surface area contributed by atoms with Crippen molar-refractivity contribution in [1.29, 1.82) is 0 Å². The van der Waals surface area contributed by atoms with Gasteiger partial charge in [0.15, 0.2) is 5.82 Å². The Balaban J connectivity index is 1.95. The van der Waals surface area contributed by atoms with Crippen molar-refractivity contribution in [2.45, 2.75) is 26.8 Å². The number of para-hydroxylation sites is 1. The van der Waals surface area contributed by atoms with E-state index in [1.165, 1.54) is 15.6 Å². The average Bonchev–Trinajstić information content (AvgIpc) is 3.25. The Hall–Kier alpha value is -3.13. The van der Waals surface area contributed by atoms with Gasteiger partial charge in [-0.25, -0.2) is 9.48 Å². The number of benzene rings is 1. The van der Waals surface area contributed by atoms with Crippen LogP contribution in [0.15, 0.2) is 42.7 Å². The number of nitrogens with zero attached hydrogens (tertiary/aromatic N) is 4. The quantitative estimate of drug-likeness (QED) is 0.639. The number of halogens is 1. The SMILES string of the molecule is CCOC(=O)c1cnn(-c2ccccc2)c1NC(=O)C(C)n1cc(Cl)c(C)n1. The zero-order valence-electron chi connectivity index (χ0n) is 15.7. The third-order valence-corrected chi connectivity index (χ3v) is 4.51. The van der Waals surface area contributed by atoms with Crippen molar-refractivity contribution in [1.82, 2.24) is 19.6 Å². The number of esters is 1. The van der Waals surface area contributed by atoms with Crippen molar-refractivity contribution >= 4 is 29.3 Å². The third-order valence-electron chi connectivity index (χ3n) is 4.14. The number of carbonyl (C=O) groups is 2. The highest BCUT2D eigenvalue weighted by molar-refractivity contribution is 6.31. The van der Waals surface area contributed by atoms with Crippen LogP contribution in [0.3, 0.4) is 0 Å². The second-order valence-corrected chi connectivity index (χ2v) is 6.49. The van der Waals surface area contributed by atoms with Crippen LogP contribution in [0.2, 0.25) is 5.02 Å². The van der Waals surface area contributed by atoms with E-state index in [1.54, 1.807) is 27.0 Å². The highest BCUT2D eigenvalue weighted by Crippen LogP contribution is 2.23. The molecular weight excluding hydrogens is 382 g/mol. The largest absolute Gasteiger partial charge is 0.462 e. The predicted molar refractivity (Wildman–Crippen MR) is 105 cm³/mol. The number of hydrogen-bond donors (Lipinski definition) is 1. The number of rotatable bonds is 6. The Kier molecular flexibility index (Phi) is 5.79. The van der Waals surface area contributed by atoms with Crippen LogP contribution in [0.4, 0.5) is 5.82 Å². The van der Waals surface area contributed by atoms with Gasteiger partial charge >= 0.3 is 5.97 Å². The van der Waals surface area contributed by atoms with Gasteiger partial charge in [-0.3, -0.25) is 9.48 Å². The maximum atomic E-state index is 12.8. The average molecular weight is 402 g/mol. The number of ether oxygens (including phenoxy) is 1. The van der Waals surface area contributed by atoms with E-state index in [-0.39, 0.29) is 23.9 Å². The molecule has 1 amide bonds. The molecule has 28 heavy (non-hydrogen) atoms. The van der Waals surface area contributed by atoms with E-state index >= 15 is 0 Å². The molecule has 2 aromatic heterocycles. The van der Waals surface area contributed by atoms with E-state index in [2.05, 4.69) is 15.5 Å². The van der Waals surface area contributed by atoms with E-state index in [1.807, 2.05) is 30.3 Å². The molecule has 0 aliphatic heterocycles. The molecule has 3 aromatic rings. The van der Waals surface area contributed by atoms with Crippen LogP contribution < -0.4 is 5.32 Å². The zero-order chi connectivity index (χ0) is 20.3. The topological polar surface area (TPSA) is 91.0 Å². The summed E-state index contributed by atoms with van der Waals surface area (Å²) in [6, 6.07) is 8.52. The molecule has 0 fully saturated rings. The van der Waals surface area contributed by atoms with Crippen molar-refractivity contribution in [2.75, 3.05) is 11.9 Å². The summed E-state index contributed by atoms with van der Waals surface area (Å²) in [5.74, 6) is -0.704. The second kappa shape index (κ2) is 8.26. The number of aromatic nitrogens is 4. The van der Waals surface area contributed by atoms with E-state index < -0.39 is 12.0 Å². The Bertz CT molecular complexity index is 977. The van der Waals surface area contributed by atoms with Gasteiger partial charge in [0.05, 0.1) is 29.2 Å². The highest BCUT2D eigenvalue weighted by atomic mass is 35.5. The Morgan fingerprint density at radius 2 is 2.00 bits per heavy atom. The number of hydrogen-bond acceptors (Lipinski definition) is 5. The first-order valence-electron chi connectivity index (χ1n) is 8.75. The van der Waals surface area contributed by atoms with E-state index in [9.17, 15) is 9.59 Å². The number of aryl methyl sites for hydroxylation is 1. The fourth-order valence-corrected chi connectivity index (χ4v) is 2.73. The van der Waals surface area contributed by atoms with Crippen molar-refractivity contribution in [2.24, 2.45) is 0 Å². The van der Waals surface area contributed by atoms with Gasteiger partial charge in [0.25, 0.3) is 0 Å². The van der Waals surface area contributed by atoms with E-state index in [0.717, 1.165) is 0 Å². The van der Waals surface area contributed by atoms with Crippen LogP contribution in [-0.4, -0.2) is 38.0 Å². The van der Waals surface area contributed by atoms with Gasteiger partial charge in [0.1, 0.15) is 11.6 Å². The molecule has 1 atom stereocenters. The molecule has 146 valence electrons. The van der Waals surface area contributed by atoms with Crippen LogP contribution in [0.1, 0.15) is 35.9 Å². The summed E-state index contributed by atoms with van der Waals surface area (Å²) < 4.78 is 8.04. The summed E-state index contributed by atoms with van der Waals surface area (Å²) in [6.07, 6.45) is 2.96. The fourth-order valence-electron chi connectivity index (χ4n) is 2.59. The predicted octanol–water partition coefficient (Wildman–Crippen LogP) is 3.41. The number of anilines is 1. The molecule has 0 aliphatic carbocycles. The monoisotopic (exact) mass is 401 g/mol. The third kappa shape index (κ3) is 3.91. The molecule has 1 N–H and O–H groups in total. The summed E-state index contributed by atoms with van der Waals surface area (Å²) in [6.45, 7) is 5.37. The minimum atomic E-state index is -0.652. The normalized spacial score (nSPS) is 11.9. The minimum absolute atomic E-state index is 0.168. The number of amides is 1. The van der Waals surface area contributed by atoms with Gasteiger partial charge in [-0.05, 0) is 32.9 Å². The van der Waals surface area contributed by atoms with Crippen LogP contribution in [0.5, 0.6) is 0 Å². The molecule has 1 unspecified atom stereocenters. The molecule has 1 aromatic carbocycles. The molecule has 0 saturated heterocycles. The lowest BCUT2D eigenvalue weighted by molar-refractivity contribution is -0.119. The van der Waals surface area contributed by atoms with Gasteiger partial charge < -0.3 is 10.1 Å². The molecular formula is C19H20ClN5O3. The summed E-state index contributed by atoms with van der Waals surface area (Å²) in [7, 11) is 0. The molecule has 8 nitrogen and oxygen atoms in total.